The first kappa shape index (κ1) is 10.6. The number of hydrogen-bond donors (Lipinski definition) is 2. The van der Waals surface area contributed by atoms with Gasteiger partial charge in [0.2, 0.25) is 5.91 Å². The molecular weight excluding hydrogens is 204 g/mol. The Morgan fingerprint density at radius 1 is 1.50 bits per heavy atom. The Morgan fingerprint density at radius 2 is 2.29 bits per heavy atom. The Labute approximate surface area is 84.8 Å². The third-order valence-corrected chi connectivity index (χ3v) is 2.15. The van der Waals surface area contributed by atoms with Crippen LogP contribution in [0.2, 0.25) is 0 Å². The van der Waals surface area contributed by atoms with Gasteiger partial charge in [0.1, 0.15) is 0 Å². The molecule has 0 aliphatic rings. The van der Waals surface area contributed by atoms with Gasteiger partial charge in [-0.2, -0.15) is 0 Å². The summed E-state index contributed by atoms with van der Waals surface area (Å²) >= 11 is 1.45. The van der Waals surface area contributed by atoms with Gasteiger partial charge in [-0.25, -0.2) is 4.98 Å². The van der Waals surface area contributed by atoms with Crippen molar-refractivity contribution in [3.05, 3.63) is 16.6 Å². The molecule has 14 heavy (non-hydrogen) atoms. The number of amides is 1. The molecule has 0 bridgehead atoms. The summed E-state index contributed by atoms with van der Waals surface area (Å²) in [6, 6.07) is 0. The third-order valence-electron chi connectivity index (χ3n) is 1.52. The Morgan fingerprint density at radius 3 is 2.86 bits per heavy atom. The largest absolute Gasteiger partial charge is 0.481 e. The number of hydrogen-bond acceptors (Lipinski definition) is 4. The van der Waals surface area contributed by atoms with E-state index in [4.69, 9.17) is 5.11 Å². The van der Waals surface area contributed by atoms with E-state index in [2.05, 4.69) is 10.3 Å². The van der Waals surface area contributed by atoms with Crippen molar-refractivity contribution < 1.29 is 14.7 Å². The molecule has 0 radical (unpaired) electrons. The zero-order chi connectivity index (χ0) is 10.4. The van der Waals surface area contributed by atoms with Gasteiger partial charge < -0.3 is 10.4 Å². The summed E-state index contributed by atoms with van der Waals surface area (Å²) in [5.41, 5.74) is 2.47. The van der Waals surface area contributed by atoms with E-state index in [1.54, 1.807) is 5.51 Å². The van der Waals surface area contributed by atoms with E-state index >= 15 is 0 Å². The maximum atomic E-state index is 11.0. The van der Waals surface area contributed by atoms with Gasteiger partial charge in [0, 0.05) is 11.8 Å². The molecule has 0 spiro atoms. The number of nitrogens with one attached hydrogen (secondary N) is 1. The lowest BCUT2D eigenvalue weighted by molar-refractivity contribution is -0.138. The van der Waals surface area contributed by atoms with Crippen molar-refractivity contribution in [2.75, 3.05) is 0 Å². The molecule has 76 valence electrons. The van der Waals surface area contributed by atoms with Crippen molar-refractivity contribution >= 4 is 23.2 Å². The molecule has 0 atom stereocenters. The van der Waals surface area contributed by atoms with Crippen molar-refractivity contribution in [3.8, 4) is 0 Å². The zero-order valence-corrected chi connectivity index (χ0v) is 8.21. The maximum absolute atomic E-state index is 11.0. The highest BCUT2D eigenvalue weighted by Gasteiger charge is 2.05. The molecule has 0 aliphatic carbocycles. The standard InChI is InChI=1S/C8H10N2O3S/c11-7(1-2-8(12)13)9-3-6-4-14-5-10-6/h4-5H,1-3H2,(H,9,11)(H,12,13). The zero-order valence-electron chi connectivity index (χ0n) is 7.40. The van der Waals surface area contributed by atoms with Crippen molar-refractivity contribution in [1.29, 1.82) is 0 Å². The molecule has 1 heterocycles. The molecule has 0 saturated heterocycles. The quantitative estimate of drug-likeness (QED) is 0.753. The number of nitrogens with zero attached hydrogens (tertiary/aromatic N) is 1. The van der Waals surface area contributed by atoms with E-state index < -0.39 is 5.97 Å². The predicted molar refractivity (Wildman–Crippen MR) is 50.8 cm³/mol. The molecule has 0 unspecified atom stereocenters. The highest BCUT2D eigenvalue weighted by molar-refractivity contribution is 7.07. The fourth-order valence-corrected chi connectivity index (χ4v) is 1.38. The van der Waals surface area contributed by atoms with Gasteiger partial charge in [-0.15, -0.1) is 11.3 Å². The van der Waals surface area contributed by atoms with Gasteiger partial charge in [0.05, 0.1) is 24.2 Å². The summed E-state index contributed by atoms with van der Waals surface area (Å²) in [6.07, 6.45) is -0.123. The van der Waals surface area contributed by atoms with Crippen LogP contribution in [-0.4, -0.2) is 22.0 Å². The molecule has 2 N–H and O–H groups in total. The maximum Gasteiger partial charge on any atom is 0.303 e. The van der Waals surface area contributed by atoms with Crippen molar-refractivity contribution in [2.24, 2.45) is 0 Å². The minimum atomic E-state index is -0.964. The van der Waals surface area contributed by atoms with Gasteiger partial charge in [0.15, 0.2) is 0 Å². The van der Waals surface area contributed by atoms with Crippen molar-refractivity contribution in [2.45, 2.75) is 19.4 Å². The van der Waals surface area contributed by atoms with Crippen LogP contribution >= 0.6 is 11.3 Å². The highest BCUT2D eigenvalue weighted by atomic mass is 32.1. The van der Waals surface area contributed by atoms with Crippen LogP contribution in [0.25, 0.3) is 0 Å². The monoisotopic (exact) mass is 214 g/mol. The van der Waals surface area contributed by atoms with Gasteiger partial charge in [-0.05, 0) is 0 Å². The summed E-state index contributed by atoms with van der Waals surface area (Å²) < 4.78 is 0. The molecule has 0 aromatic carbocycles. The fraction of sp³-hybridized carbons (Fsp3) is 0.375. The highest BCUT2D eigenvalue weighted by Crippen LogP contribution is 2.00. The predicted octanol–water partition coefficient (Wildman–Crippen LogP) is 0.624. The summed E-state index contributed by atoms with van der Waals surface area (Å²) in [4.78, 5) is 25.2. The van der Waals surface area contributed by atoms with E-state index in [1.165, 1.54) is 11.3 Å². The number of carboxylic acids is 1. The van der Waals surface area contributed by atoms with Gasteiger partial charge in [0.25, 0.3) is 0 Å². The van der Waals surface area contributed by atoms with Gasteiger partial charge in [-0.3, -0.25) is 9.59 Å². The van der Waals surface area contributed by atoms with E-state index in [0.29, 0.717) is 6.54 Å². The first-order valence-corrected chi connectivity index (χ1v) is 4.98. The topological polar surface area (TPSA) is 79.3 Å². The van der Waals surface area contributed by atoms with Crippen LogP contribution < -0.4 is 5.32 Å². The van der Waals surface area contributed by atoms with E-state index in [0.717, 1.165) is 5.69 Å². The van der Waals surface area contributed by atoms with Crippen LogP contribution in [0.4, 0.5) is 0 Å². The minimum Gasteiger partial charge on any atom is -0.481 e. The Balaban J connectivity index is 2.18. The first-order chi connectivity index (χ1) is 6.68. The number of carbonyl (C=O) groups is 2. The number of aromatic nitrogens is 1. The Kier molecular flexibility index (Phi) is 4.06. The number of aliphatic carboxylic acids is 1. The van der Waals surface area contributed by atoms with E-state index in [9.17, 15) is 9.59 Å². The van der Waals surface area contributed by atoms with Crippen molar-refractivity contribution in [1.82, 2.24) is 10.3 Å². The first-order valence-electron chi connectivity index (χ1n) is 4.04. The van der Waals surface area contributed by atoms with Crippen molar-refractivity contribution in [3.63, 3.8) is 0 Å². The smallest absolute Gasteiger partial charge is 0.303 e. The molecule has 1 amide bonds. The van der Waals surface area contributed by atoms with Gasteiger partial charge >= 0.3 is 5.97 Å². The lowest BCUT2D eigenvalue weighted by Crippen LogP contribution is -2.23. The molecule has 0 aliphatic heterocycles. The second-order valence-electron chi connectivity index (χ2n) is 2.65. The Bertz CT molecular complexity index is 310. The molecule has 0 fully saturated rings. The lowest BCUT2D eigenvalue weighted by atomic mass is 10.3. The molecule has 1 aromatic rings. The Hall–Kier alpha value is -1.43. The third kappa shape index (κ3) is 3.99. The number of carbonyl (C=O) groups excluding carboxylic acids is 1. The van der Waals surface area contributed by atoms with Crippen LogP contribution in [0.3, 0.4) is 0 Å². The van der Waals surface area contributed by atoms with Crippen LogP contribution in [-0.2, 0) is 16.1 Å². The average molecular weight is 214 g/mol. The number of thiazole rings is 1. The van der Waals surface area contributed by atoms with E-state index in [1.807, 2.05) is 5.38 Å². The number of carboxylic acid groups (broad SMARTS) is 1. The summed E-state index contributed by atoms with van der Waals surface area (Å²) in [7, 11) is 0. The molecule has 0 saturated carbocycles. The van der Waals surface area contributed by atoms with Gasteiger partial charge in [-0.1, -0.05) is 0 Å². The average Bonchev–Trinajstić information content (AvgIpc) is 2.63. The SMILES string of the molecule is O=C(O)CCC(=O)NCc1cscn1. The van der Waals surface area contributed by atoms with Crippen LogP contribution in [0.15, 0.2) is 10.9 Å². The summed E-state index contributed by atoms with van der Waals surface area (Å²) in [5.74, 6) is -1.23. The summed E-state index contributed by atoms with van der Waals surface area (Å²) in [6.45, 7) is 0.363. The lowest BCUT2D eigenvalue weighted by Gasteiger charge is -2.00. The second kappa shape index (κ2) is 5.33. The normalized spacial score (nSPS) is 9.71. The fourth-order valence-electron chi connectivity index (χ4n) is 0.823. The van der Waals surface area contributed by atoms with Crippen LogP contribution in [0.1, 0.15) is 18.5 Å². The van der Waals surface area contributed by atoms with E-state index in [-0.39, 0.29) is 18.7 Å². The molecular formula is C8H10N2O3S. The molecule has 6 heteroatoms. The minimum absolute atomic E-state index is 0.0134. The molecule has 1 rings (SSSR count). The van der Waals surface area contributed by atoms with Crippen LogP contribution in [0, 0.1) is 0 Å². The molecule has 5 nitrogen and oxygen atoms in total. The second-order valence-corrected chi connectivity index (χ2v) is 3.37. The molecule has 1 aromatic heterocycles. The summed E-state index contributed by atoms with van der Waals surface area (Å²) in [5, 5.41) is 12.7. The number of rotatable bonds is 5. The van der Waals surface area contributed by atoms with Crippen LogP contribution in [0.5, 0.6) is 0 Å².